The van der Waals surface area contributed by atoms with E-state index in [0.717, 1.165) is 29.2 Å². The Hall–Kier alpha value is -4.07. The maximum Gasteiger partial charge on any atom is 0.273 e. The zero-order chi connectivity index (χ0) is 24.3. The largest absolute Gasteiger partial charge is 0.438 e. The zero-order valence-electron chi connectivity index (χ0n) is 20.0. The minimum absolute atomic E-state index is 0.135. The molecule has 174 valence electrons. The predicted octanol–water partition coefficient (Wildman–Crippen LogP) is 5.18. The minimum Gasteiger partial charge on any atom is -0.438 e. The van der Waals surface area contributed by atoms with Crippen LogP contribution in [0.3, 0.4) is 0 Å². The highest BCUT2D eigenvalue weighted by Crippen LogP contribution is 2.30. The number of amides is 1. The number of rotatable bonds is 6. The number of nitrogens with one attached hydrogen (secondary N) is 1. The van der Waals surface area contributed by atoms with Gasteiger partial charge in [0.1, 0.15) is 17.3 Å². The Labute approximate surface area is 199 Å². The normalized spacial score (nSPS) is 11.3. The highest BCUT2D eigenvalue weighted by Gasteiger charge is 2.21. The number of carbonyl (C=O) groups excluding carboxylic acids is 1. The van der Waals surface area contributed by atoms with E-state index in [2.05, 4.69) is 46.1 Å². The fourth-order valence-corrected chi connectivity index (χ4v) is 3.35. The molecule has 0 atom stereocenters. The van der Waals surface area contributed by atoms with Crippen LogP contribution in [0, 0.1) is 0 Å². The summed E-state index contributed by atoms with van der Waals surface area (Å²) in [5.74, 6) is 1.58. The number of hydrogen-bond donors (Lipinski definition) is 1. The van der Waals surface area contributed by atoms with Crippen molar-refractivity contribution < 1.29 is 9.53 Å². The molecule has 8 heteroatoms. The van der Waals surface area contributed by atoms with Crippen molar-refractivity contribution in [3.8, 4) is 22.9 Å². The highest BCUT2D eigenvalue weighted by molar-refractivity contribution is 6.03. The first-order valence-electron chi connectivity index (χ1n) is 11.2. The van der Waals surface area contributed by atoms with E-state index in [0.29, 0.717) is 23.0 Å². The molecule has 8 nitrogen and oxygen atoms in total. The molecule has 0 aliphatic heterocycles. The summed E-state index contributed by atoms with van der Waals surface area (Å²) in [5, 5.41) is 7.39. The van der Waals surface area contributed by atoms with Crippen LogP contribution < -0.4 is 10.1 Å². The number of hydrogen-bond acceptors (Lipinski definition) is 6. The zero-order valence-corrected chi connectivity index (χ0v) is 20.0. The smallest absolute Gasteiger partial charge is 0.273 e. The number of nitrogens with zero attached hydrogens (tertiary/aromatic N) is 5. The van der Waals surface area contributed by atoms with Crippen LogP contribution in [-0.4, -0.2) is 30.6 Å². The molecular formula is C26H28N6O2. The fraction of sp³-hybridized carbons (Fsp3) is 0.269. The van der Waals surface area contributed by atoms with E-state index in [1.165, 1.54) is 0 Å². The monoisotopic (exact) mass is 456 g/mol. The lowest BCUT2D eigenvalue weighted by Crippen LogP contribution is -2.15. The van der Waals surface area contributed by atoms with Gasteiger partial charge in [-0.15, -0.1) is 0 Å². The molecule has 1 N–H and O–H groups in total. The van der Waals surface area contributed by atoms with Gasteiger partial charge in [-0.25, -0.2) is 15.0 Å². The predicted molar refractivity (Wildman–Crippen MR) is 131 cm³/mol. The summed E-state index contributed by atoms with van der Waals surface area (Å²) < 4.78 is 7.65. The first kappa shape index (κ1) is 23.1. The van der Waals surface area contributed by atoms with Crippen LogP contribution in [0.2, 0.25) is 0 Å². The molecule has 1 aromatic carbocycles. The molecule has 0 radical (unpaired) electrons. The second-order valence-electron chi connectivity index (χ2n) is 8.94. The Bertz CT molecular complexity index is 1310. The standard InChI is InChI=1S/C26H28N6O2/c1-6-23-27-15-13-20(30-23)19-8-7-14-28-25(19)34-18-11-9-17(10-12-18)29-24(33)21-16-22(26(2,3)4)31-32(21)5/h7-16H,6H2,1-5H3,(H,29,33). The first-order chi connectivity index (χ1) is 16.2. The number of aromatic nitrogens is 5. The molecule has 0 unspecified atom stereocenters. The third-order valence-corrected chi connectivity index (χ3v) is 5.28. The van der Waals surface area contributed by atoms with Gasteiger partial charge in [0.15, 0.2) is 0 Å². The number of aryl methyl sites for hydroxylation is 2. The third-order valence-electron chi connectivity index (χ3n) is 5.28. The van der Waals surface area contributed by atoms with E-state index >= 15 is 0 Å². The van der Waals surface area contributed by atoms with Gasteiger partial charge in [0.05, 0.1) is 17.0 Å². The van der Waals surface area contributed by atoms with E-state index in [-0.39, 0.29) is 11.3 Å². The summed E-state index contributed by atoms with van der Waals surface area (Å²) in [4.78, 5) is 26.0. The van der Waals surface area contributed by atoms with Gasteiger partial charge < -0.3 is 10.1 Å². The molecule has 0 saturated carbocycles. The van der Waals surface area contributed by atoms with Crippen molar-refractivity contribution in [2.24, 2.45) is 7.05 Å². The highest BCUT2D eigenvalue weighted by atomic mass is 16.5. The van der Waals surface area contributed by atoms with Crippen molar-refractivity contribution >= 4 is 11.6 Å². The lowest BCUT2D eigenvalue weighted by Gasteiger charge is -2.13. The van der Waals surface area contributed by atoms with Crippen LogP contribution in [0.25, 0.3) is 11.3 Å². The Morgan fingerprint density at radius 3 is 2.50 bits per heavy atom. The Kier molecular flexibility index (Phi) is 6.40. The van der Waals surface area contributed by atoms with Crippen LogP contribution in [0.4, 0.5) is 5.69 Å². The molecular weight excluding hydrogens is 428 g/mol. The molecule has 0 fully saturated rings. The van der Waals surface area contributed by atoms with Gasteiger partial charge in [0.25, 0.3) is 5.91 Å². The van der Waals surface area contributed by atoms with Crippen molar-refractivity contribution in [3.05, 3.63) is 78.1 Å². The van der Waals surface area contributed by atoms with E-state index in [1.807, 2.05) is 31.2 Å². The molecule has 0 bridgehead atoms. The maximum atomic E-state index is 12.8. The molecule has 0 saturated heterocycles. The van der Waals surface area contributed by atoms with Crippen molar-refractivity contribution in [1.29, 1.82) is 0 Å². The van der Waals surface area contributed by atoms with Gasteiger partial charge in [-0.1, -0.05) is 27.7 Å². The molecule has 3 heterocycles. The molecule has 34 heavy (non-hydrogen) atoms. The SMILES string of the molecule is CCc1nccc(-c2cccnc2Oc2ccc(NC(=O)c3cc(C(C)(C)C)nn3C)cc2)n1. The summed E-state index contributed by atoms with van der Waals surface area (Å²) in [6, 6.07) is 14.6. The van der Waals surface area contributed by atoms with E-state index in [1.54, 1.807) is 48.4 Å². The Morgan fingerprint density at radius 2 is 1.82 bits per heavy atom. The maximum absolute atomic E-state index is 12.8. The third kappa shape index (κ3) is 5.11. The molecule has 0 spiro atoms. The van der Waals surface area contributed by atoms with E-state index < -0.39 is 0 Å². The lowest BCUT2D eigenvalue weighted by atomic mass is 9.92. The van der Waals surface area contributed by atoms with Crippen LogP contribution in [0.5, 0.6) is 11.6 Å². The van der Waals surface area contributed by atoms with E-state index in [9.17, 15) is 4.79 Å². The molecule has 0 aliphatic rings. The van der Waals surface area contributed by atoms with E-state index in [4.69, 9.17) is 4.74 Å². The molecule has 3 aromatic heterocycles. The number of carbonyl (C=O) groups is 1. The Balaban J connectivity index is 1.49. The molecule has 1 amide bonds. The number of anilines is 1. The molecule has 4 aromatic rings. The van der Waals surface area contributed by atoms with Crippen LogP contribution in [0.15, 0.2) is 60.9 Å². The summed E-state index contributed by atoms with van der Waals surface area (Å²) in [6.07, 6.45) is 4.16. The molecule has 0 aliphatic carbocycles. The number of ether oxygens (including phenoxy) is 1. The van der Waals surface area contributed by atoms with Gasteiger partial charge in [0.2, 0.25) is 5.88 Å². The average Bonchev–Trinajstić information content (AvgIpc) is 3.23. The number of pyridine rings is 1. The van der Waals surface area contributed by atoms with Crippen LogP contribution in [-0.2, 0) is 18.9 Å². The van der Waals surface area contributed by atoms with Crippen molar-refractivity contribution in [3.63, 3.8) is 0 Å². The topological polar surface area (TPSA) is 94.8 Å². The summed E-state index contributed by atoms with van der Waals surface area (Å²) in [5.41, 5.74) is 3.42. The lowest BCUT2D eigenvalue weighted by molar-refractivity contribution is 0.101. The Morgan fingerprint density at radius 1 is 1.06 bits per heavy atom. The summed E-state index contributed by atoms with van der Waals surface area (Å²) >= 11 is 0. The van der Waals surface area contributed by atoms with Gasteiger partial charge in [-0.2, -0.15) is 5.10 Å². The average molecular weight is 457 g/mol. The first-order valence-corrected chi connectivity index (χ1v) is 11.2. The van der Waals surface area contributed by atoms with Crippen molar-refractivity contribution in [2.45, 2.75) is 39.5 Å². The van der Waals surface area contributed by atoms with Gasteiger partial charge in [0, 0.05) is 37.0 Å². The van der Waals surface area contributed by atoms with Crippen molar-refractivity contribution in [1.82, 2.24) is 24.7 Å². The van der Waals surface area contributed by atoms with Gasteiger partial charge in [-0.05, 0) is 48.5 Å². The molecule has 4 rings (SSSR count). The fourth-order valence-electron chi connectivity index (χ4n) is 3.35. The van der Waals surface area contributed by atoms with Crippen LogP contribution >= 0.6 is 0 Å². The quantitative estimate of drug-likeness (QED) is 0.430. The number of benzene rings is 1. The summed E-state index contributed by atoms with van der Waals surface area (Å²) in [7, 11) is 1.77. The second kappa shape index (κ2) is 9.43. The minimum atomic E-state index is -0.221. The van der Waals surface area contributed by atoms with Gasteiger partial charge in [-0.3, -0.25) is 9.48 Å². The van der Waals surface area contributed by atoms with Crippen molar-refractivity contribution in [2.75, 3.05) is 5.32 Å². The van der Waals surface area contributed by atoms with Crippen LogP contribution in [0.1, 0.15) is 49.7 Å². The second-order valence-corrected chi connectivity index (χ2v) is 8.94. The van der Waals surface area contributed by atoms with Gasteiger partial charge >= 0.3 is 0 Å². The summed E-state index contributed by atoms with van der Waals surface area (Å²) in [6.45, 7) is 8.21.